The average Bonchev–Trinajstić information content (AvgIpc) is 3.53. The Kier molecular flexibility index (Phi) is 57.8. The second-order valence-corrected chi connectivity index (χ2v) is 28.7. The number of hydrogen-bond donors (Lipinski definition) is 3. The van der Waals surface area contributed by atoms with Gasteiger partial charge in [-0.3, -0.25) is 37.3 Å². The summed E-state index contributed by atoms with van der Waals surface area (Å²) in [5.41, 5.74) is 0. The summed E-state index contributed by atoms with van der Waals surface area (Å²) in [6, 6.07) is 0. The van der Waals surface area contributed by atoms with E-state index >= 15 is 0 Å². The summed E-state index contributed by atoms with van der Waals surface area (Å²) < 4.78 is 68.1. The molecule has 6 atom stereocenters. The number of phosphoric ester groups is 2. The van der Waals surface area contributed by atoms with E-state index < -0.39 is 97.5 Å². The van der Waals surface area contributed by atoms with Gasteiger partial charge in [-0.25, -0.2) is 9.13 Å². The van der Waals surface area contributed by atoms with Gasteiger partial charge in [0.2, 0.25) is 0 Å². The predicted octanol–water partition coefficient (Wildman–Crippen LogP) is 19.1. The van der Waals surface area contributed by atoms with Crippen LogP contribution in [-0.4, -0.2) is 96.7 Å². The minimum atomic E-state index is -4.95. The van der Waals surface area contributed by atoms with Gasteiger partial charge in [-0.05, 0) is 43.4 Å². The van der Waals surface area contributed by atoms with Crippen LogP contribution in [0.3, 0.4) is 0 Å². The molecule has 0 saturated heterocycles. The van der Waals surface area contributed by atoms with Gasteiger partial charge in [-0.1, -0.05) is 286 Å². The van der Waals surface area contributed by atoms with Crippen LogP contribution in [0.4, 0.5) is 0 Å². The molecule has 0 aromatic carbocycles. The third kappa shape index (κ3) is 61.3. The molecule has 516 valence electrons. The van der Waals surface area contributed by atoms with Crippen molar-refractivity contribution in [1.82, 2.24) is 0 Å². The monoisotopic (exact) mass is 1280 g/mol. The molecule has 87 heavy (non-hydrogen) atoms. The molecule has 3 N–H and O–H groups in total. The van der Waals surface area contributed by atoms with Gasteiger partial charge in [-0.2, -0.15) is 0 Å². The van der Waals surface area contributed by atoms with Crippen LogP contribution in [0.1, 0.15) is 337 Å². The van der Waals surface area contributed by atoms with E-state index in [1.807, 2.05) is 0 Å². The number of hydrogen-bond acceptors (Lipinski definition) is 15. The molecule has 0 heterocycles. The van der Waals surface area contributed by atoms with Crippen molar-refractivity contribution in [2.24, 2.45) is 17.8 Å². The normalized spacial score (nSPS) is 14.6. The van der Waals surface area contributed by atoms with E-state index in [1.54, 1.807) is 0 Å². The summed E-state index contributed by atoms with van der Waals surface area (Å²) in [6.07, 6.45) is 41.9. The molecule has 0 radical (unpaired) electrons. The topological polar surface area (TPSA) is 237 Å². The standard InChI is InChI=1S/C68H132O17P2/c1-8-10-11-12-13-14-19-23-26-35-42-49-65(70)78-55-63(84-67(72)51-44-37-27-24-21-18-16-15-17-20-22-25-32-39-46-59(3)4)57-82-86(74,75)80-53-62(69)54-81-87(76,77)83-58-64(56-79-66(71)50-43-36-30-28-33-40-47-60(5)6)85-68(73)52-45-38-31-29-34-41-48-61(7)9-2/h59-64,69H,8-58H2,1-7H3,(H,74,75)(H,76,77)/t61?,62-,63-,64-/m1/s1. The Bertz CT molecular complexity index is 1720. The number of phosphoric acid groups is 2. The highest BCUT2D eigenvalue weighted by Crippen LogP contribution is 2.45. The lowest BCUT2D eigenvalue weighted by Gasteiger charge is -2.21. The fourth-order valence-corrected chi connectivity index (χ4v) is 11.7. The second-order valence-electron chi connectivity index (χ2n) is 25.8. The number of rotatable bonds is 66. The highest BCUT2D eigenvalue weighted by atomic mass is 31.2. The summed E-state index contributed by atoms with van der Waals surface area (Å²) in [5, 5.41) is 10.6. The number of carbonyl (C=O) groups excluding carboxylic acids is 4. The Morgan fingerprint density at radius 2 is 0.586 bits per heavy atom. The van der Waals surface area contributed by atoms with Gasteiger partial charge in [-0.15, -0.1) is 0 Å². The second kappa shape index (κ2) is 59.1. The van der Waals surface area contributed by atoms with Crippen LogP contribution in [0, 0.1) is 17.8 Å². The van der Waals surface area contributed by atoms with Gasteiger partial charge in [0.05, 0.1) is 26.4 Å². The largest absolute Gasteiger partial charge is 0.472 e. The maximum absolute atomic E-state index is 13.0. The van der Waals surface area contributed by atoms with Gasteiger partial charge in [0.15, 0.2) is 12.2 Å². The zero-order valence-corrected chi connectivity index (χ0v) is 58.3. The molecular weight excluding hydrogens is 1150 g/mol. The first-order valence-corrected chi connectivity index (χ1v) is 38.4. The Hall–Kier alpha value is -1.94. The van der Waals surface area contributed by atoms with E-state index in [1.165, 1.54) is 141 Å². The van der Waals surface area contributed by atoms with Crippen molar-refractivity contribution < 1.29 is 80.2 Å². The van der Waals surface area contributed by atoms with Crippen molar-refractivity contribution in [2.45, 2.75) is 356 Å². The first-order chi connectivity index (χ1) is 41.8. The van der Waals surface area contributed by atoms with Gasteiger partial charge in [0.25, 0.3) is 0 Å². The number of carbonyl (C=O) groups is 4. The highest BCUT2D eigenvalue weighted by molar-refractivity contribution is 7.47. The molecule has 0 spiro atoms. The van der Waals surface area contributed by atoms with Crippen LogP contribution >= 0.6 is 15.6 Å². The van der Waals surface area contributed by atoms with E-state index in [-0.39, 0.29) is 25.7 Å². The van der Waals surface area contributed by atoms with Crippen LogP contribution in [0.15, 0.2) is 0 Å². The van der Waals surface area contributed by atoms with E-state index in [0.29, 0.717) is 31.6 Å². The minimum Gasteiger partial charge on any atom is -0.462 e. The highest BCUT2D eigenvalue weighted by Gasteiger charge is 2.30. The molecule has 0 aromatic heterocycles. The smallest absolute Gasteiger partial charge is 0.462 e. The molecule has 0 saturated carbocycles. The summed E-state index contributed by atoms with van der Waals surface area (Å²) in [6.45, 7) is 11.7. The lowest BCUT2D eigenvalue weighted by atomic mass is 10.00. The van der Waals surface area contributed by atoms with E-state index in [2.05, 4.69) is 48.5 Å². The summed E-state index contributed by atoms with van der Waals surface area (Å²) in [5.74, 6) is 0.0614. The third-order valence-corrected chi connectivity index (χ3v) is 17.9. The molecule has 0 aliphatic heterocycles. The number of unbranched alkanes of at least 4 members (excludes halogenated alkanes) is 33. The van der Waals surface area contributed by atoms with Crippen molar-refractivity contribution in [2.75, 3.05) is 39.6 Å². The number of aliphatic hydroxyl groups is 1. The average molecular weight is 1280 g/mol. The molecule has 19 heteroatoms. The third-order valence-electron chi connectivity index (χ3n) is 16.0. The molecule has 0 aromatic rings. The van der Waals surface area contributed by atoms with Crippen LogP contribution in [0.2, 0.25) is 0 Å². The Labute approximate surface area is 530 Å². The fraction of sp³-hybridized carbons (Fsp3) is 0.941. The summed E-state index contributed by atoms with van der Waals surface area (Å²) in [4.78, 5) is 72.4. The summed E-state index contributed by atoms with van der Waals surface area (Å²) in [7, 11) is -9.89. The van der Waals surface area contributed by atoms with Crippen molar-refractivity contribution in [1.29, 1.82) is 0 Å². The van der Waals surface area contributed by atoms with E-state index in [4.69, 9.17) is 37.0 Å². The van der Waals surface area contributed by atoms with Crippen molar-refractivity contribution in [3.63, 3.8) is 0 Å². The van der Waals surface area contributed by atoms with Crippen LogP contribution in [-0.2, 0) is 65.4 Å². The zero-order valence-electron chi connectivity index (χ0n) is 56.5. The SMILES string of the molecule is CCCCCCCCCCCCCC(=O)OC[C@H](COP(=O)(O)OC[C@@H](O)COP(=O)(O)OC[C@@H](COC(=O)CCCCCCCCC(C)C)OC(=O)CCCCCCCCC(C)CC)OC(=O)CCCCCCCCCCCCCCCCC(C)C. The molecule has 0 rings (SSSR count). The van der Waals surface area contributed by atoms with Gasteiger partial charge in [0, 0.05) is 25.7 Å². The molecule has 0 amide bonds. The van der Waals surface area contributed by atoms with Crippen LogP contribution < -0.4 is 0 Å². The van der Waals surface area contributed by atoms with Crippen LogP contribution in [0.5, 0.6) is 0 Å². The molecular formula is C68H132O17P2. The molecule has 17 nitrogen and oxygen atoms in total. The molecule has 0 bridgehead atoms. The summed E-state index contributed by atoms with van der Waals surface area (Å²) >= 11 is 0. The lowest BCUT2D eigenvalue weighted by Crippen LogP contribution is -2.30. The number of ether oxygens (including phenoxy) is 4. The number of aliphatic hydroxyl groups excluding tert-OH is 1. The van der Waals surface area contributed by atoms with Crippen LogP contribution in [0.25, 0.3) is 0 Å². The van der Waals surface area contributed by atoms with Crippen molar-refractivity contribution in [3.8, 4) is 0 Å². The van der Waals surface area contributed by atoms with E-state index in [0.717, 1.165) is 108 Å². The molecule has 0 aliphatic rings. The number of esters is 4. The van der Waals surface area contributed by atoms with Gasteiger partial charge < -0.3 is 33.8 Å². The Morgan fingerprint density at radius 1 is 0.333 bits per heavy atom. The fourth-order valence-electron chi connectivity index (χ4n) is 10.2. The van der Waals surface area contributed by atoms with Gasteiger partial charge >= 0.3 is 39.5 Å². The first-order valence-electron chi connectivity index (χ1n) is 35.4. The van der Waals surface area contributed by atoms with Crippen molar-refractivity contribution >= 4 is 39.5 Å². The Balaban J connectivity index is 5.22. The molecule has 0 aliphatic carbocycles. The minimum absolute atomic E-state index is 0.102. The first kappa shape index (κ1) is 85.1. The van der Waals surface area contributed by atoms with E-state index in [9.17, 15) is 43.2 Å². The maximum Gasteiger partial charge on any atom is 0.472 e. The lowest BCUT2D eigenvalue weighted by molar-refractivity contribution is -0.161. The molecule has 3 unspecified atom stereocenters. The predicted molar refractivity (Wildman–Crippen MR) is 349 cm³/mol. The zero-order chi connectivity index (χ0) is 64.5. The Morgan fingerprint density at radius 3 is 0.874 bits per heavy atom. The molecule has 0 fully saturated rings. The van der Waals surface area contributed by atoms with Crippen molar-refractivity contribution in [3.05, 3.63) is 0 Å². The maximum atomic E-state index is 13.0. The van der Waals surface area contributed by atoms with Gasteiger partial charge in [0.1, 0.15) is 19.3 Å². The quantitative estimate of drug-likeness (QED) is 0.0222.